The molecule has 1 N–H and O–H groups in total. The average Bonchev–Trinajstić information content (AvgIpc) is 3.21. The molecule has 1 amide bonds. The number of ether oxygens (including phenoxy) is 1. The lowest BCUT2D eigenvalue weighted by atomic mass is 10.0. The molecule has 0 saturated carbocycles. The number of nitrogens with zero attached hydrogens (tertiary/aromatic N) is 2. The Morgan fingerprint density at radius 1 is 0.906 bits per heavy atom. The molecule has 3 aromatic carbocycles. The van der Waals surface area contributed by atoms with E-state index < -0.39 is 11.9 Å². The first-order chi connectivity index (χ1) is 15.6. The van der Waals surface area contributed by atoms with Crippen LogP contribution in [0.25, 0.3) is 5.69 Å². The second-order valence-corrected chi connectivity index (χ2v) is 7.33. The molecule has 0 aliphatic carbocycles. The van der Waals surface area contributed by atoms with E-state index in [1.54, 1.807) is 11.6 Å². The van der Waals surface area contributed by atoms with Crippen LogP contribution in [0.15, 0.2) is 91.1 Å². The minimum Gasteiger partial charge on any atom is -0.452 e. The topological polar surface area (TPSA) is 73.2 Å². The SMILES string of the molecule is Cc1c(C(=O)OCC(=O)Nc2ccccc2Cc2ccccc2)cnn1-c1ccccc1. The van der Waals surface area contributed by atoms with Gasteiger partial charge in [-0.15, -0.1) is 0 Å². The Hall–Kier alpha value is -4.19. The molecule has 0 atom stereocenters. The Bertz CT molecular complexity index is 1220. The van der Waals surface area contributed by atoms with Gasteiger partial charge in [0, 0.05) is 5.69 Å². The van der Waals surface area contributed by atoms with Gasteiger partial charge in [-0.3, -0.25) is 4.79 Å². The molecule has 0 radical (unpaired) electrons. The fourth-order valence-electron chi connectivity index (χ4n) is 3.45. The van der Waals surface area contributed by atoms with Gasteiger partial charge in [0.1, 0.15) is 5.56 Å². The number of esters is 1. The van der Waals surface area contributed by atoms with Crippen molar-refractivity contribution in [3.8, 4) is 5.69 Å². The predicted molar refractivity (Wildman–Crippen MR) is 123 cm³/mol. The highest BCUT2D eigenvalue weighted by atomic mass is 16.5. The number of aromatic nitrogens is 2. The molecule has 160 valence electrons. The van der Waals surface area contributed by atoms with Crippen LogP contribution < -0.4 is 5.32 Å². The standard InChI is InChI=1S/C26H23N3O3/c1-19-23(17-27-29(19)22-13-6-3-7-14-22)26(31)32-18-25(30)28-24-15-9-8-12-21(24)16-20-10-4-2-5-11-20/h2-15,17H,16,18H2,1H3,(H,28,30). The van der Waals surface area contributed by atoms with E-state index in [4.69, 9.17) is 4.74 Å². The van der Waals surface area contributed by atoms with Gasteiger partial charge in [0.15, 0.2) is 6.61 Å². The van der Waals surface area contributed by atoms with Gasteiger partial charge in [0.25, 0.3) is 5.91 Å². The molecular weight excluding hydrogens is 402 g/mol. The molecule has 0 spiro atoms. The van der Waals surface area contributed by atoms with E-state index in [9.17, 15) is 9.59 Å². The van der Waals surface area contributed by atoms with Crippen molar-refractivity contribution in [3.05, 3.63) is 114 Å². The smallest absolute Gasteiger partial charge is 0.342 e. The van der Waals surface area contributed by atoms with Crippen LogP contribution in [0.5, 0.6) is 0 Å². The van der Waals surface area contributed by atoms with Crippen LogP contribution in [0.4, 0.5) is 5.69 Å². The second-order valence-electron chi connectivity index (χ2n) is 7.33. The van der Waals surface area contributed by atoms with Gasteiger partial charge in [0.05, 0.1) is 17.6 Å². The zero-order chi connectivity index (χ0) is 22.3. The molecule has 32 heavy (non-hydrogen) atoms. The number of carbonyl (C=O) groups excluding carboxylic acids is 2. The number of amides is 1. The van der Waals surface area contributed by atoms with Crippen LogP contribution in [-0.4, -0.2) is 28.3 Å². The lowest BCUT2D eigenvalue weighted by Crippen LogP contribution is -2.21. The number of rotatable bonds is 7. The average molecular weight is 425 g/mol. The molecule has 6 nitrogen and oxygen atoms in total. The number of nitrogens with one attached hydrogen (secondary N) is 1. The molecule has 0 saturated heterocycles. The third-order valence-corrected chi connectivity index (χ3v) is 5.09. The van der Waals surface area contributed by atoms with Gasteiger partial charge in [-0.25, -0.2) is 9.48 Å². The Labute approximate surface area is 186 Å². The lowest BCUT2D eigenvalue weighted by molar-refractivity contribution is -0.119. The fourth-order valence-corrected chi connectivity index (χ4v) is 3.45. The van der Waals surface area contributed by atoms with E-state index >= 15 is 0 Å². The lowest BCUT2D eigenvalue weighted by Gasteiger charge is -2.11. The van der Waals surface area contributed by atoms with Crippen LogP contribution in [0.3, 0.4) is 0 Å². The highest BCUT2D eigenvalue weighted by Crippen LogP contribution is 2.19. The molecule has 0 bridgehead atoms. The van der Waals surface area contributed by atoms with Gasteiger partial charge >= 0.3 is 5.97 Å². The van der Waals surface area contributed by atoms with Crippen LogP contribution in [0, 0.1) is 6.92 Å². The summed E-state index contributed by atoms with van der Waals surface area (Å²) in [5.74, 6) is -0.982. The third kappa shape index (κ3) is 4.92. The number of hydrogen-bond acceptors (Lipinski definition) is 4. The van der Waals surface area contributed by atoms with E-state index in [0.717, 1.165) is 16.8 Å². The maximum absolute atomic E-state index is 12.5. The Morgan fingerprint density at radius 3 is 2.31 bits per heavy atom. The monoisotopic (exact) mass is 425 g/mol. The van der Waals surface area contributed by atoms with Crippen molar-refractivity contribution < 1.29 is 14.3 Å². The van der Waals surface area contributed by atoms with Crippen molar-refractivity contribution in [2.24, 2.45) is 0 Å². The highest BCUT2D eigenvalue weighted by molar-refractivity contribution is 5.96. The summed E-state index contributed by atoms with van der Waals surface area (Å²) < 4.78 is 6.91. The van der Waals surface area contributed by atoms with E-state index in [0.29, 0.717) is 23.4 Å². The summed E-state index contributed by atoms with van der Waals surface area (Å²) in [6, 6.07) is 27.1. The first kappa shape index (κ1) is 21.1. The van der Waals surface area contributed by atoms with Crippen LogP contribution >= 0.6 is 0 Å². The molecule has 4 aromatic rings. The maximum atomic E-state index is 12.5. The molecule has 0 unspecified atom stereocenters. The van der Waals surface area contributed by atoms with E-state index in [-0.39, 0.29) is 6.61 Å². The van der Waals surface area contributed by atoms with Crippen LogP contribution in [-0.2, 0) is 16.0 Å². The highest BCUT2D eigenvalue weighted by Gasteiger charge is 2.18. The van der Waals surface area contributed by atoms with Crippen molar-refractivity contribution >= 4 is 17.6 Å². The number of hydrogen-bond donors (Lipinski definition) is 1. The fraction of sp³-hybridized carbons (Fsp3) is 0.115. The Balaban J connectivity index is 1.38. The predicted octanol–water partition coefficient (Wildman–Crippen LogP) is 4.57. The Kier molecular flexibility index (Phi) is 6.41. The summed E-state index contributed by atoms with van der Waals surface area (Å²) in [7, 11) is 0. The minimum atomic E-state index is -0.586. The zero-order valence-electron chi connectivity index (χ0n) is 17.7. The molecule has 0 aliphatic heterocycles. The first-order valence-electron chi connectivity index (χ1n) is 10.3. The summed E-state index contributed by atoms with van der Waals surface area (Å²) in [5.41, 5.74) is 4.65. The molecule has 0 aliphatic rings. The molecule has 6 heteroatoms. The molecule has 1 heterocycles. The van der Waals surface area contributed by atoms with Gasteiger partial charge in [-0.1, -0.05) is 66.7 Å². The van der Waals surface area contributed by atoms with Gasteiger partial charge < -0.3 is 10.1 Å². The summed E-state index contributed by atoms with van der Waals surface area (Å²) in [5, 5.41) is 7.11. The van der Waals surface area contributed by atoms with Crippen molar-refractivity contribution in [3.63, 3.8) is 0 Å². The maximum Gasteiger partial charge on any atom is 0.342 e. The molecule has 4 rings (SSSR count). The van der Waals surface area contributed by atoms with Crippen LogP contribution in [0.2, 0.25) is 0 Å². The minimum absolute atomic E-state index is 0.325. The normalized spacial score (nSPS) is 10.5. The zero-order valence-corrected chi connectivity index (χ0v) is 17.7. The van der Waals surface area contributed by atoms with Crippen molar-refractivity contribution in [2.45, 2.75) is 13.3 Å². The molecular formula is C26H23N3O3. The summed E-state index contributed by atoms with van der Waals surface area (Å²) >= 11 is 0. The number of benzene rings is 3. The summed E-state index contributed by atoms with van der Waals surface area (Å²) in [6.07, 6.45) is 2.15. The van der Waals surface area contributed by atoms with Crippen LogP contribution in [0.1, 0.15) is 27.2 Å². The molecule has 0 fully saturated rings. The third-order valence-electron chi connectivity index (χ3n) is 5.09. The number of anilines is 1. The summed E-state index contributed by atoms with van der Waals surface area (Å²) in [6.45, 7) is 1.41. The second kappa shape index (κ2) is 9.75. The molecule has 1 aromatic heterocycles. The van der Waals surface area contributed by atoms with Crippen molar-refractivity contribution in [1.29, 1.82) is 0 Å². The van der Waals surface area contributed by atoms with E-state index in [1.165, 1.54) is 6.20 Å². The van der Waals surface area contributed by atoms with Crippen molar-refractivity contribution in [2.75, 3.05) is 11.9 Å². The first-order valence-corrected chi connectivity index (χ1v) is 10.3. The number of carbonyl (C=O) groups is 2. The Morgan fingerprint density at radius 2 is 1.56 bits per heavy atom. The van der Waals surface area contributed by atoms with E-state index in [2.05, 4.69) is 10.4 Å². The number of para-hydroxylation sites is 2. The quantitative estimate of drug-likeness (QED) is 0.440. The van der Waals surface area contributed by atoms with E-state index in [1.807, 2.05) is 84.9 Å². The largest absolute Gasteiger partial charge is 0.452 e. The van der Waals surface area contributed by atoms with Crippen molar-refractivity contribution in [1.82, 2.24) is 9.78 Å². The summed E-state index contributed by atoms with van der Waals surface area (Å²) in [4.78, 5) is 25.0. The van der Waals surface area contributed by atoms with Gasteiger partial charge in [-0.2, -0.15) is 5.10 Å². The van der Waals surface area contributed by atoms with Gasteiger partial charge in [-0.05, 0) is 42.7 Å². The van der Waals surface area contributed by atoms with Gasteiger partial charge in [0.2, 0.25) is 0 Å².